The number of anilines is 1. The molecule has 0 aliphatic carbocycles. The van der Waals surface area contributed by atoms with E-state index in [0.717, 1.165) is 30.2 Å². The van der Waals surface area contributed by atoms with Gasteiger partial charge in [0.1, 0.15) is 17.7 Å². The normalized spacial score (nSPS) is 21.1. The molecule has 2 aromatic heterocycles. The van der Waals surface area contributed by atoms with Crippen molar-refractivity contribution in [1.82, 2.24) is 20.1 Å². The second-order valence-corrected chi connectivity index (χ2v) is 6.29. The van der Waals surface area contributed by atoms with Gasteiger partial charge in [0.2, 0.25) is 0 Å². The zero-order valence-corrected chi connectivity index (χ0v) is 14.0. The monoisotopic (exact) mass is 317 g/mol. The first-order valence-corrected chi connectivity index (χ1v) is 8.06. The van der Waals surface area contributed by atoms with Crippen LogP contribution in [-0.2, 0) is 4.74 Å². The zero-order chi connectivity index (χ0) is 16.4. The van der Waals surface area contributed by atoms with Crippen LogP contribution in [-0.4, -0.2) is 32.8 Å². The van der Waals surface area contributed by atoms with Crippen LogP contribution in [0, 0.1) is 13.8 Å². The van der Waals surface area contributed by atoms with Gasteiger partial charge in [-0.25, -0.2) is 9.97 Å². The van der Waals surface area contributed by atoms with E-state index in [-0.39, 0.29) is 12.2 Å². The van der Waals surface area contributed by atoms with Gasteiger partial charge in [-0.3, -0.25) is 0 Å². The van der Waals surface area contributed by atoms with Crippen LogP contribution in [0.25, 0.3) is 0 Å². The van der Waals surface area contributed by atoms with Crippen molar-refractivity contribution in [1.29, 1.82) is 0 Å². The second kappa shape index (κ2) is 6.62. The van der Waals surface area contributed by atoms with Gasteiger partial charge in [-0.15, -0.1) is 0 Å². The number of aryl methyl sites for hydroxylation is 2. The molecule has 0 amide bonds. The number of nitrogens with one attached hydrogen (secondary N) is 1. The molecule has 0 saturated carbocycles. The molecular formula is C16H23N5O2. The van der Waals surface area contributed by atoms with Gasteiger partial charge in [0.05, 0.1) is 6.10 Å². The van der Waals surface area contributed by atoms with Crippen LogP contribution in [0.3, 0.4) is 0 Å². The van der Waals surface area contributed by atoms with E-state index in [4.69, 9.17) is 9.26 Å². The molecule has 0 radical (unpaired) electrons. The third kappa shape index (κ3) is 3.85. The Morgan fingerprint density at radius 3 is 2.74 bits per heavy atom. The van der Waals surface area contributed by atoms with Gasteiger partial charge in [0.25, 0.3) is 5.89 Å². The molecule has 0 unspecified atom stereocenters. The van der Waals surface area contributed by atoms with E-state index in [1.54, 1.807) is 0 Å². The fraction of sp³-hybridized carbons (Fsp3) is 0.625. The van der Waals surface area contributed by atoms with E-state index >= 15 is 0 Å². The summed E-state index contributed by atoms with van der Waals surface area (Å²) in [7, 11) is 0. The second-order valence-electron chi connectivity index (χ2n) is 6.29. The van der Waals surface area contributed by atoms with Crippen LogP contribution >= 0.6 is 0 Å². The average molecular weight is 317 g/mol. The summed E-state index contributed by atoms with van der Waals surface area (Å²) in [6.07, 6.45) is 1.88. The Morgan fingerprint density at radius 2 is 2.04 bits per heavy atom. The maximum Gasteiger partial charge on any atom is 0.255 e. The predicted molar refractivity (Wildman–Crippen MR) is 85.2 cm³/mol. The largest absolute Gasteiger partial charge is 0.367 e. The minimum atomic E-state index is -0.0960. The fourth-order valence-corrected chi connectivity index (χ4v) is 2.64. The molecule has 7 heteroatoms. The van der Waals surface area contributed by atoms with Gasteiger partial charge in [0, 0.05) is 24.2 Å². The molecule has 1 aliphatic heterocycles. The highest BCUT2D eigenvalue weighted by atomic mass is 16.5. The Balaban J connectivity index is 1.57. The van der Waals surface area contributed by atoms with E-state index in [1.807, 2.05) is 19.9 Å². The molecule has 0 spiro atoms. The number of hydrogen-bond acceptors (Lipinski definition) is 7. The topological polar surface area (TPSA) is 86.0 Å². The van der Waals surface area contributed by atoms with Gasteiger partial charge >= 0.3 is 0 Å². The van der Waals surface area contributed by atoms with Crippen LogP contribution in [0.2, 0.25) is 0 Å². The van der Waals surface area contributed by atoms with Crippen molar-refractivity contribution >= 4 is 5.82 Å². The maximum atomic E-state index is 5.99. The Hall–Kier alpha value is -2.02. The molecule has 1 fully saturated rings. The van der Waals surface area contributed by atoms with Gasteiger partial charge in [0.15, 0.2) is 5.82 Å². The van der Waals surface area contributed by atoms with Crippen LogP contribution < -0.4 is 5.32 Å². The molecule has 124 valence electrons. The van der Waals surface area contributed by atoms with Crippen molar-refractivity contribution in [2.24, 2.45) is 0 Å². The fourth-order valence-electron chi connectivity index (χ4n) is 2.64. The van der Waals surface area contributed by atoms with E-state index in [9.17, 15) is 0 Å². The lowest BCUT2D eigenvalue weighted by Gasteiger charge is -2.14. The Kier molecular flexibility index (Phi) is 4.56. The Morgan fingerprint density at radius 1 is 1.22 bits per heavy atom. The highest BCUT2D eigenvalue weighted by Gasteiger charge is 2.30. The van der Waals surface area contributed by atoms with Crippen molar-refractivity contribution in [3.63, 3.8) is 0 Å². The van der Waals surface area contributed by atoms with E-state index in [2.05, 4.69) is 39.3 Å². The minimum Gasteiger partial charge on any atom is -0.367 e. The number of hydrogen-bond donors (Lipinski definition) is 1. The molecule has 23 heavy (non-hydrogen) atoms. The molecule has 1 saturated heterocycles. The Bertz CT molecular complexity index is 670. The quantitative estimate of drug-likeness (QED) is 0.907. The van der Waals surface area contributed by atoms with Crippen LogP contribution in [0.1, 0.15) is 61.9 Å². The van der Waals surface area contributed by atoms with Crippen molar-refractivity contribution in [3.05, 3.63) is 29.3 Å². The van der Waals surface area contributed by atoms with E-state index in [1.165, 1.54) is 0 Å². The highest BCUT2D eigenvalue weighted by Crippen LogP contribution is 2.31. The lowest BCUT2D eigenvalue weighted by atomic mass is 10.2. The summed E-state index contributed by atoms with van der Waals surface area (Å²) in [5.41, 5.74) is 0.970. The summed E-state index contributed by atoms with van der Waals surface area (Å²) >= 11 is 0. The molecule has 1 aliphatic rings. The zero-order valence-electron chi connectivity index (χ0n) is 14.0. The predicted octanol–water partition coefficient (Wildman–Crippen LogP) is 2.93. The standard InChI is InChI=1S/C16H23N5O2/c1-9(2)15-18-10(3)7-14(20-15)17-8-12-5-6-13(22-12)16-19-11(4)21-23-16/h7,9,12-13H,5-6,8H2,1-4H3,(H,17,18,20)/t12-,13+/m1/s1. The summed E-state index contributed by atoms with van der Waals surface area (Å²) in [6.45, 7) is 8.69. The van der Waals surface area contributed by atoms with E-state index < -0.39 is 0 Å². The van der Waals surface area contributed by atoms with Gasteiger partial charge in [-0.2, -0.15) is 4.98 Å². The number of aromatic nitrogens is 4. The van der Waals surface area contributed by atoms with Crippen molar-refractivity contribution < 1.29 is 9.26 Å². The summed E-state index contributed by atoms with van der Waals surface area (Å²) in [5, 5.41) is 7.17. The van der Waals surface area contributed by atoms with Gasteiger partial charge in [-0.05, 0) is 26.7 Å². The molecule has 1 N–H and O–H groups in total. The molecule has 0 bridgehead atoms. The number of ether oxygens (including phenoxy) is 1. The molecule has 2 aromatic rings. The van der Waals surface area contributed by atoms with Gasteiger partial charge < -0.3 is 14.6 Å². The smallest absolute Gasteiger partial charge is 0.255 e. The van der Waals surface area contributed by atoms with Crippen LogP contribution in [0.4, 0.5) is 5.82 Å². The molecule has 3 heterocycles. The van der Waals surface area contributed by atoms with Crippen molar-refractivity contribution in [2.45, 2.75) is 58.7 Å². The first-order chi connectivity index (χ1) is 11.0. The number of nitrogens with zero attached hydrogens (tertiary/aromatic N) is 4. The number of rotatable bonds is 5. The molecule has 3 rings (SSSR count). The van der Waals surface area contributed by atoms with Crippen molar-refractivity contribution in [3.8, 4) is 0 Å². The molecule has 2 atom stereocenters. The summed E-state index contributed by atoms with van der Waals surface area (Å²) in [4.78, 5) is 13.3. The third-order valence-corrected chi connectivity index (χ3v) is 3.83. The lowest BCUT2D eigenvalue weighted by molar-refractivity contribution is 0.0326. The maximum absolute atomic E-state index is 5.99. The van der Waals surface area contributed by atoms with Crippen LogP contribution in [0.15, 0.2) is 10.6 Å². The first kappa shape index (κ1) is 15.9. The van der Waals surface area contributed by atoms with Crippen molar-refractivity contribution in [2.75, 3.05) is 11.9 Å². The van der Waals surface area contributed by atoms with Gasteiger partial charge in [-0.1, -0.05) is 19.0 Å². The summed E-state index contributed by atoms with van der Waals surface area (Å²) in [5.74, 6) is 3.23. The molecule has 7 nitrogen and oxygen atoms in total. The SMILES string of the molecule is Cc1cc(NC[C@H]2CC[C@@H](c3nc(C)no3)O2)nc(C(C)C)n1. The first-order valence-electron chi connectivity index (χ1n) is 8.06. The lowest BCUT2D eigenvalue weighted by Crippen LogP contribution is -2.20. The van der Waals surface area contributed by atoms with Crippen LogP contribution in [0.5, 0.6) is 0 Å². The summed E-state index contributed by atoms with van der Waals surface area (Å²) in [6, 6.07) is 1.96. The average Bonchev–Trinajstić information content (AvgIpc) is 3.13. The molecule has 0 aromatic carbocycles. The highest BCUT2D eigenvalue weighted by molar-refractivity contribution is 5.36. The Labute approximate surface area is 135 Å². The summed E-state index contributed by atoms with van der Waals surface area (Å²) < 4.78 is 11.2. The van der Waals surface area contributed by atoms with E-state index in [0.29, 0.717) is 24.2 Å². The molecular weight excluding hydrogens is 294 g/mol. The minimum absolute atomic E-state index is 0.0960. The third-order valence-electron chi connectivity index (χ3n) is 3.83.